The Balaban J connectivity index is 0.000000980. The van der Waals surface area contributed by atoms with Crippen LogP contribution in [0.1, 0.15) is 24.3 Å². The number of nitrogens with two attached hydrogens (primary N) is 1. The fraction of sp³-hybridized carbons (Fsp3) is 0.273. The van der Waals surface area contributed by atoms with Gasteiger partial charge in [-0.2, -0.15) is 0 Å². The minimum absolute atomic E-state index is 0. The first-order valence-electron chi connectivity index (χ1n) is 4.43. The van der Waals surface area contributed by atoms with Crippen molar-refractivity contribution in [3.05, 3.63) is 35.6 Å². The Morgan fingerprint density at radius 1 is 1.29 bits per heavy atom. The fourth-order valence-corrected chi connectivity index (χ4v) is 1.63. The van der Waals surface area contributed by atoms with Crippen molar-refractivity contribution in [2.75, 3.05) is 0 Å². The zero-order valence-electron chi connectivity index (χ0n) is 8.28. The standard InChI is InChI=1S/C11H13NO.ClH/c1-7-9-5-3-4-6-10(9)13-11(7)8(2)12;/h3-6,8H,12H2,1-2H3;1H/t8-;/m1./s1. The Morgan fingerprint density at radius 2 is 1.93 bits per heavy atom. The van der Waals surface area contributed by atoms with Crippen LogP contribution in [0.15, 0.2) is 28.7 Å². The van der Waals surface area contributed by atoms with Crippen molar-refractivity contribution in [2.24, 2.45) is 5.73 Å². The van der Waals surface area contributed by atoms with E-state index in [0.717, 1.165) is 22.3 Å². The Morgan fingerprint density at radius 3 is 2.50 bits per heavy atom. The fourth-order valence-electron chi connectivity index (χ4n) is 1.63. The molecule has 14 heavy (non-hydrogen) atoms. The molecule has 0 saturated heterocycles. The minimum Gasteiger partial charge on any atom is -0.459 e. The third-order valence-corrected chi connectivity index (χ3v) is 2.29. The highest BCUT2D eigenvalue weighted by molar-refractivity contribution is 5.85. The van der Waals surface area contributed by atoms with Gasteiger partial charge in [0.2, 0.25) is 0 Å². The van der Waals surface area contributed by atoms with Gasteiger partial charge in [-0.3, -0.25) is 0 Å². The van der Waals surface area contributed by atoms with Crippen molar-refractivity contribution < 1.29 is 4.42 Å². The summed E-state index contributed by atoms with van der Waals surface area (Å²) in [6, 6.07) is 7.97. The number of para-hydroxylation sites is 1. The van der Waals surface area contributed by atoms with Crippen LogP contribution in [0.5, 0.6) is 0 Å². The monoisotopic (exact) mass is 211 g/mol. The molecular formula is C11H14ClNO. The van der Waals surface area contributed by atoms with Crippen LogP contribution < -0.4 is 5.73 Å². The molecule has 1 atom stereocenters. The van der Waals surface area contributed by atoms with Gasteiger partial charge in [-0.1, -0.05) is 18.2 Å². The second-order valence-corrected chi connectivity index (χ2v) is 3.38. The number of fused-ring (bicyclic) bond motifs is 1. The van der Waals surface area contributed by atoms with Crippen molar-refractivity contribution in [1.29, 1.82) is 0 Å². The molecule has 0 aliphatic carbocycles. The van der Waals surface area contributed by atoms with Gasteiger partial charge in [0.25, 0.3) is 0 Å². The second kappa shape index (κ2) is 4.03. The summed E-state index contributed by atoms with van der Waals surface area (Å²) in [6.45, 7) is 3.98. The molecule has 1 heterocycles. The molecule has 0 amide bonds. The largest absolute Gasteiger partial charge is 0.459 e. The van der Waals surface area contributed by atoms with Gasteiger partial charge in [-0.25, -0.2) is 0 Å². The number of hydrogen-bond acceptors (Lipinski definition) is 2. The second-order valence-electron chi connectivity index (χ2n) is 3.38. The van der Waals surface area contributed by atoms with E-state index in [9.17, 15) is 0 Å². The summed E-state index contributed by atoms with van der Waals surface area (Å²) in [7, 11) is 0. The van der Waals surface area contributed by atoms with Crippen LogP contribution in [0.4, 0.5) is 0 Å². The van der Waals surface area contributed by atoms with Gasteiger partial charge >= 0.3 is 0 Å². The van der Waals surface area contributed by atoms with E-state index in [0.29, 0.717) is 0 Å². The maximum Gasteiger partial charge on any atom is 0.134 e. The Bertz CT molecular complexity index is 434. The van der Waals surface area contributed by atoms with Crippen LogP contribution in [-0.4, -0.2) is 0 Å². The lowest BCUT2D eigenvalue weighted by Crippen LogP contribution is -2.04. The van der Waals surface area contributed by atoms with Crippen molar-refractivity contribution in [3.8, 4) is 0 Å². The van der Waals surface area contributed by atoms with E-state index in [2.05, 4.69) is 6.07 Å². The van der Waals surface area contributed by atoms with Crippen molar-refractivity contribution in [1.82, 2.24) is 0 Å². The predicted molar refractivity (Wildman–Crippen MR) is 60.8 cm³/mol. The SMILES string of the molecule is Cc1c([C@@H](C)N)oc2ccccc12.Cl. The molecule has 3 heteroatoms. The summed E-state index contributed by atoms with van der Waals surface area (Å²) in [4.78, 5) is 0. The normalized spacial score (nSPS) is 12.5. The van der Waals surface area contributed by atoms with Crippen LogP contribution in [0, 0.1) is 6.92 Å². The molecule has 0 aliphatic rings. The smallest absolute Gasteiger partial charge is 0.134 e. The molecule has 0 spiro atoms. The average Bonchev–Trinajstić information content (AvgIpc) is 2.45. The van der Waals surface area contributed by atoms with Crippen molar-refractivity contribution in [3.63, 3.8) is 0 Å². The van der Waals surface area contributed by atoms with E-state index in [1.165, 1.54) is 0 Å². The topological polar surface area (TPSA) is 39.2 Å². The van der Waals surface area contributed by atoms with Gasteiger partial charge in [-0.15, -0.1) is 12.4 Å². The average molecular weight is 212 g/mol. The number of furan rings is 1. The first-order chi connectivity index (χ1) is 6.20. The number of benzene rings is 1. The third-order valence-electron chi connectivity index (χ3n) is 2.29. The highest BCUT2D eigenvalue weighted by Gasteiger charge is 2.12. The van der Waals surface area contributed by atoms with Gasteiger partial charge in [0, 0.05) is 5.39 Å². The quantitative estimate of drug-likeness (QED) is 0.787. The first kappa shape index (κ1) is 11.1. The molecule has 0 saturated carbocycles. The first-order valence-corrected chi connectivity index (χ1v) is 4.43. The molecule has 1 aromatic carbocycles. The van der Waals surface area contributed by atoms with Gasteiger partial charge < -0.3 is 10.2 Å². The van der Waals surface area contributed by atoms with E-state index in [1.54, 1.807) is 0 Å². The molecule has 0 aliphatic heterocycles. The van der Waals surface area contributed by atoms with Gasteiger partial charge in [0.05, 0.1) is 6.04 Å². The maximum absolute atomic E-state index is 5.78. The van der Waals surface area contributed by atoms with Gasteiger partial charge in [0.1, 0.15) is 11.3 Å². The lowest BCUT2D eigenvalue weighted by Gasteiger charge is -2.00. The number of aryl methyl sites for hydroxylation is 1. The van der Waals surface area contributed by atoms with E-state index >= 15 is 0 Å². The van der Waals surface area contributed by atoms with E-state index in [1.807, 2.05) is 32.0 Å². The van der Waals surface area contributed by atoms with E-state index in [4.69, 9.17) is 10.2 Å². The highest BCUT2D eigenvalue weighted by atomic mass is 35.5. The minimum atomic E-state index is -0.0348. The summed E-state index contributed by atoms with van der Waals surface area (Å²) >= 11 is 0. The molecule has 1 aromatic heterocycles. The Labute approximate surface area is 89.5 Å². The zero-order chi connectivity index (χ0) is 9.42. The molecule has 2 aromatic rings. The maximum atomic E-state index is 5.78. The number of rotatable bonds is 1. The Hall–Kier alpha value is -0.990. The van der Waals surface area contributed by atoms with Gasteiger partial charge in [-0.05, 0) is 25.5 Å². The molecule has 0 unspecified atom stereocenters. The molecule has 2 rings (SSSR count). The molecule has 0 fully saturated rings. The van der Waals surface area contributed by atoms with Crippen LogP contribution in [0.3, 0.4) is 0 Å². The lowest BCUT2D eigenvalue weighted by atomic mass is 10.1. The predicted octanol–water partition coefficient (Wildman–Crippen LogP) is 3.18. The lowest BCUT2D eigenvalue weighted by molar-refractivity contribution is 0.509. The van der Waals surface area contributed by atoms with Crippen LogP contribution >= 0.6 is 12.4 Å². The summed E-state index contributed by atoms with van der Waals surface area (Å²) in [5.41, 5.74) is 7.87. The highest BCUT2D eigenvalue weighted by Crippen LogP contribution is 2.27. The molecule has 0 bridgehead atoms. The molecule has 76 valence electrons. The molecule has 2 nitrogen and oxygen atoms in total. The summed E-state index contributed by atoms with van der Waals surface area (Å²) in [5, 5.41) is 1.16. The summed E-state index contributed by atoms with van der Waals surface area (Å²) in [6.07, 6.45) is 0. The van der Waals surface area contributed by atoms with Crippen LogP contribution in [0.25, 0.3) is 11.0 Å². The number of halogens is 1. The molecule has 2 N–H and O–H groups in total. The third kappa shape index (κ3) is 1.63. The summed E-state index contributed by atoms with van der Waals surface area (Å²) in [5.74, 6) is 0.890. The zero-order valence-corrected chi connectivity index (χ0v) is 9.10. The number of hydrogen-bond donors (Lipinski definition) is 1. The molecule has 0 radical (unpaired) electrons. The Kier molecular flexibility index (Phi) is 3.19. The van der Waals surface area contributed by atoms with E-state index < -0.39 is 0 Å². The van der Waals surface area contributed by atoms with E-state index in [-0.39, 0.29) is 18.4 Å². The van der Waals surface area contributed by atoms with Gasteiger partial charge in [0.15, 0.2) is 0 Å². The summed E-state index contributed by atoms with van der Waals surface area (Å²) < 4.78 is 5.64. The molecular weight excluding hydrogens is 198 g/mol. The van der Waals surface area contributed by atoms with Crippen molar-refractivity contribution >= 4 is 23.4 Å². The van der Waals surface area contributed by atoms with Crippen LogP contribution in [-0.2, 0) is 0 Å². The van der Waals surface area contributed by atoms with Crippen molar-refractivity contribution in [2.45, 2.75) is 19.9 Å². The van der Waals surface area contributed by atoms with Crippen LogP contribution in [0.2, 0.25) is 0 Å².